The van der Waals surface area contributed by atoms with E-state index in [1.54, 1.807) is 71.5 Å². The van der Waals surface area contributed by atoms with Crippen LogP contribution in [0.15, 0.2) is 134 Å². The Morgan fingerprint density at radius 2 is 1.49 bits per heavy atom. The molecule has 0 spiro atoms. The molecule has 9 nitrogen and oxygen atoms in total. The summed E-state index contributed by atoms with van der Waals surface area (Å²) >= 11 is 6.09. The predicted octanol–water partition coefficient (Wildman–Crippen LogP) is 8.95. The zero-order chi connectivity index (χ0) is 35.1. The van der Waals surface area contributed by atoms with Crippen molar-refractivity contribution in [2.45, 2.75) is 13.5 Å². The highest BCUT2D eigenvalue weighted by Crippen LogP contribution is 2.33. The predicted molar refractivity (Wildman–Crippen MR) is 197 cm³/mol. The SMILES string of the molecule is Cc1ccc(N2C(=O)c3ccc(Oc4ccc(NC(=O)c5cc(-c6ccccc6)nc6c5cnn6Cc5ccc(Cl)cc5)cc4)cc3C2=O)cc1. The number of nitrogens with one attached hydrogen (secondary N) is 1. The van der Waals surface area contributed by atoms with E-state index in [-0.39, 0.29) is 17.4 Å². The number of amides is 3. The molecule has 7 aromatic rings. The Morgan fingerprint density at radius 3 is 2.24 bits per heavy atom. The van der Waals surface area contributed by atoms with Crippen LogP contribution >= 0.6 is 11.6 Å². The lowest BCUT2D eigenvalue weighted by Crippen LogP contribution is -2.29. The van der Waals surface area contributed by atoms with Gasteiger partial charge in [0.25, 0.3) is 17.7 Å². The van der Waals surface area contributed by atoms with Crippen molar-refractivity contribution in [1.29, 1.82) is 0 Å². The van der Waals surface area contributed by atoms with Crippen molar-refractivity contribution in [1.82, 2.24) is 14.8 Å². The maximum absolute atomic E-state index is 13.8. The minimum absolute atomic E-state index is 0.275. The largest absolute Gasteiger partial charge is 0.457 e. The molecule has 10 heteroatoms. The molecule has 5 aromatic carbocycles. The van der Waals surface area contributed by atoms with Gasteiger partial charge in [-0.3, -0.25) is 14.4 Å². The number of nitrogens with zero attached hydrogens (tertiary/aromatic N) is 4. The number of hydrogen-bond donors (Lipinski definition) is 1. The summed E-state index contributed by atoms with van der Waals surface area (Å²) in [4.78, 5) is 46.2. The van der Waals surface area contributed by atoms with E-state index in [1.165, 1.54) is 4.90 Å². The van der Waals surface area contributed by atoms with Crippen LogP contribution in [0.1, 0.15) is 42.2 Å². The van der Waals surface area contributed by atoms with Crippen molar-refractivity contribution in [3.63, 3.8) is 0 Å². The first-order chi connectivity index (χ1) is 24.8. The van der Waals surface area contributed by atoms with E-state index in [4.69, 9.17) is 21.3 Å². The Balaban J connectivity index is 1.02. The van der Waals surface area contributed by atoms with Crippen molar-refractivity contribution in [2.75, 3.05) is 10.2 Å². The molecular formula is C41H28ClN5O4. The van der Waals surface area contributed by atoms with Gasteiger partial charge in [-0.05, 0) is 85.3 Å². The number of imide groups is 1. The first kappa shape index (κ1) is 31.7. The molecule has 3 heterocycles. The van der Waals surface area contributed by atoms with Crippen molar-refractivity contribution in [2.24, 2.45) is 0 Å². The van der Waals surface area contributed by atoms with Gasteiger partial charge < -0.3 is 10.1 Å². The van der Waals surface area contributed by atoms with Crippen LogP contribution in [0.25, 0.3) is 22.3 Å². The molecule has 0 saturated carbocycles. The van der Waals surface area contributed by atoms with E-state index in [0.717, 1.165) is 16.7 Å². The first-order valence-corrected chi connectivity index (χ1v) is 16.5. The van der Waals surface area contributed by atoms with E-state index >= 15 is 0 Å². The number of halogens is 1. The quantitative estimate of drug-likeness (QED) is 0.160. The third kappa shape index (κ3) is 6.22. The molecule has 0 fully saturated rings. The van der Waals surface area contributed by atoms with Crippen LogP contribution in [0, 0.1) is 6.92 Å². The Labute approximate surface area is 297 Å². The van der Waals surface area contributed by atoms with Crippen molar-refractivity contribution >= 4 is 51.7 Å². The van der Waals surface area contributed by atoms with Crippen LogP contribution in [0.4, 0.5) is 11.4 Å². The fourth-order valence-electron chi connectivity index (χ4n) is 6.02. The highest BCUT2D eigenvalue weighted by atomic mass is 35.5. The van der Waals surface area contributed by atoms with Gasteiger partial charge >= 0.3 is 0 Å². The van der Waals surface area contributed by atoms with Crippen LogP contribution < -0.4 is 15.0 Å². The second kappa shape index (κ2) is 13.0. The molecule has 0 unspecified atom stereocenters. The summed E-state index contributed by atoms with van der Waals surface area (Å²) < 4.78 is 7.82. The van der Waals surface area contributed by atoms with Gasteiger partial charge in [0.15, 0.2) is 5.65 Å². The van der Waals surface area contributed by atoms with E-state index < -0.39 is 5.91 Å². The smallest absolute Gasteiger partial charge is 0.266 e. The molecule has 0 atom stereocenters. The molecule has 0 bridgehead atoms. The molecule has 3 amide bonds. The summed E-state index contributed by atoms with van der Waals surface area (Å²) in [5.74, 6) is -0.207. The maximum Gasteiger partial charge on any atom is 0.266 e. The number of hydrogen-bond acceptors (Lipinski definition) is 6. The zero-order valence-corrected chi connectivity index (χ0v) is 28.0. The second-order valence-corrected chi connectivity index (χ2v) is 12.6. The Morgan fingerprint density at radius 1 is 0.784 bits per heavy atom. The fourth-order valence-corrected chi connectivity index (χ4v) is 6.15. The van der Waals surface area contributed by atoms with Gasteiger partial charge in [0.1, 0.15) is 11.5 Å². The summed E-state index contributed by atoms with van der Waals surface area (Å²) in [5, 5.41) is 8.84. The third-order valence-corrected chi connectivity index (χ3v) is 8.92. The van der Waals surface area contributed by atoms with Crippen molar-refractivity contribution < 1.29 is 19.1 Å². The summed E-state index contributed by atoms with van der Waals surface area (Å²) in [6, 6.07) is 37.9. The Hall–Kier alpha value is -6.58. The third-order valence-electron chi connectivity index (χ3n) is 8.67. The van der Waals surface area contributed by atoms with Crippen LogP contribution in [0.2, 0.25) is 5.02 Å². The van der Waals surface area contributed by atoms with Crippen LogP contribution in [-0.2, 0) is 6.54 Å². The summed E-state index contributed by atoms with van der Waals surface area (Å²) in [5.41, 5.74) is 6.21. The van der Waals surface area contributed by atoms with Crippen molar-refractivity contribution in [3.8, 4) is 22.8 Å². The van der Waals surface area contributed by atoms with Crippen molar-refractivity contribution in [3.05, 3.63) is 166 Å². The number of carbonyl (C=O) groups is 3. The Kier molecular flexibility index (Phi) is 8.10. The molecule has 1 aliphatic rings. The van der Waals surface area contributed by atoms with Gasteiger partial charge in [-0.25, -0.2) is 14.6 Å². The van der Waals surface area contributed by atoms with Gasteiger partial charge in [-0.15, -0.1) is 0 Å². The number of carbonyl (C=O) groups excluding carboxylic acids is 3. The monoisotopic (exact) mass is 689 g/mol. The first-order valence-electron chi connectivity index (χ1n) is 16.2. The number of pyridine rings is 1. The van der Waals surface area contributed by atoms with E-state index in [2.05, 4.69) is 10.4 Å². The molecule has 2 aromatic heterocycles. The van der Waals surface area contributed by atoms with Gasteiger partial charge in [0, 0.05) is 16.3 Å². The van der Waals surface area contributed by atoms with E-state index in [1.807, 2.05) is 73.7 Å². The number of fused-ring (bicyclic) bond motifs is 2. The molecular weight excluding hydrogens is 662 g/mol. The highest BCUT2D eigenvalue weighted by Gasteiger charge is 2.37. The summed E-state index contributed by atoms with van der Waals surface area (Å²) in [6.45, 7) is 2.39. The average molecular weight is 690 g/mol. The number of ether oxygens (including phenoxy) is 1. The molecule has 248 valence electrons. The van der Waals surface area contributed by atoms with Gasteiger partial charge in [-0.1, -0.05) is 71.8 Å². The lowest BCUT2D eigenvalue weighted by atomic mass is 10.1. The summed E-state index contributed by atoms with van der Waals surface area (Å²) in [7, 11) is 0. The van der Waals surface area contributed by atoms with Crippen LogP contribution in [0.3, 0.4) is 0 Å². The number of benzene rings is 5. The molecule has 51 heavy (non-hydrogen) atoms. The van der Waals surface area contributed by atoms with Gasteiger partial charge in [-0.2, -0.15) is 5.10 Å². The molecule has 0 aliphatic carbocycles. The lowest BCUT2D eigenvalue weighted by molar-refractivity contribution is 0.0924. The van der Waals surface area contributed by atoms with E-state index in [0.29, 0.717) is 62.3 Å². The zero-order valence-electron chi connectivity index (χ0n) is 27.2. The molecule has 0 radical (unpaired) electrons. The standard InChI is InChI=1S/C41H28ClN5O4/c1-25-7-15-30(16-8-25)47-40(49)33-20-19-32(21-35(33)41(47)50)51-31-17-13-29(14-18-31)44-39(48)34-22-37(27-5-3-2-4-6-27)45-38-36(34)23-43-46(38)24-26-9-11-28(42)12-10-26/h2-23H,24H2,1H3,(H,44,48). The topological polar surface area (TPSA) is 106 Å². The maximum atomic E-state index is 13.8. The molecule has 1 aliphatic heterocycles. The number of rotatable bonds is 8. The minimum atomic E-state index is -0.404. The van der Waals surface area contributed by atoms with Gasteiger partial charge in [0.05, 0.1) is 46.2 Å². The van der Waals surface area contributed by atoms with E-state index in [9.17, 15) is 14.4 Å². The molecule has 0 saturated heterocycles. The number of aromatic nitrogens is 3. The Bertz CT molecular complexity index is 2460. The van der Waals surface area contributed by atoms with Crippen LogP contribution in [-0.4, -0.2) is 32.5 Å². The highest BCUT2D eigenvalue weighted by molar-refractivity contribution is 6.34. The van der Waals surface area contributed by atoms with Gasteiger partial charge in [0.2, 0.25) is 0 Å². The normalized spacial score (nSPS) is 12.3. The number of anilines is 2. The lowest BCUT2D eigenvalue weighted by Gasteiger charge is -2.13. The van der Waals surface area contributed by atoms with Crippen LogP contribution in [0.5, 0.6) is 11.5 Å². The fraction of sp³-hybridized carbons (Fsp3) is 0.0488. The molecule has 1 N–H and O–H groups in total. The summed E-state index contributed by atoms with van der Waals surface area (Å²) in [6.07, 6.45) is 1.66. The molecule has 8 rings (SSSR count). The minimum Gasteiger partial charge on any atom is -0.457 e. The second-order valence-electron chi connectivity index (χ2n) is 12.2. The number of aryl methyl sites for hydroxylation is 1. The average Bonchev–Trinajstić information content (AvgIpc) is 3.67.